The van der Waals surface area contributed by atoms with Crippen LogP contribution in [0.1, 0.15) is 26.7 Å². The first kappa shape index (κ1) is 16.4. The van der Waals surface area contributed by atoms with E-state index in [9.17, 15) is 8.42 Å². The lowest BCUT2D eigenvalue weighted by molar-refractivity contribution is 0.173. The molecule has 0 aliphatic heterocycles. The summed E-state index contributed by atoms with van der Waals surface area (Å²) in [5.74, 6) is 0.585. The summed E-state index contributed by atoms with van der Waals surface area (Å²) in [4.78, 5) is 0. The first-order chi connectivity index (χ1) is 7.41. The van der Waals surface area contributed by atoms with E-state index in [1.165, 1.54) is 0 Å². The summed E-state index contributed by atoms with van der Waals surface area (Å²) in [7, 11) is -1.60. The fraction of sp³-hybridized carbons (Fsp3) is 1.00. The van der Waals surface area contributed by atoms with Crippen LogP contribution < -0.4 is 4.72 Å². The molecule has 1 unspecified atom stereocenters. The Bertz CT molecular complexity index is 261. The van der Waals surface area contributed by atoms with Crippen molar-refractivity contribution in [1.82, 2.24) is 4.72 Å². The summed E-state index contributed by atoms with van der Waals surface area (Å²) in [6.45, 7) is 4.44. The van der Waals surface area contributed by atoms with E-state index in [0.29, 0.717) is 18.9 Å². The van der Waals surface area contributed by atoms with Gasteiger partial charge in [0, 0.05) is 18.5 Å². The SMILES string of the molecule is COCC(CCBr)NS(=O)(=O)CCC(C)C. The van der Waals surface area contributed by atoms with Crippen LogP contribution >= 0.6 is 15.9 Å². The standard InChI is InChI=1S/C10H22BrNO3S/c1-9(2)5-7-16(13,14)12-10(4-6-11)8-15-3/h9-10,12H,4-8H2,1-3H3. The van der Waals surface area contributed by atoms with Crippen LogP contribution in [0.2, 0.25) is 0 Å². The van der Waals surface area contributed by atoms with Crippen LogP contribution in [0.25, 0.3) is 0 Å². The van der Waals surface area contributed by atoms with E-state index in [1.54, 1.807) is 7.11 Å². The monoisotopic (exact) mass is 315 g/mol. The highest BCUT2D eigenvalue weighted by atomic mass is 79.9. The van der Waals surface area contributed by atoms with Crippen molar-refractivity contribution in [2.45, 2.75) is 32.7 Å². The van der Waals surface area contributed by atoms with Crippen LogP contribution in [0.15, 0.2) is 0 Å². The van der Waals surface area contributed by atoms with Crippen molar-refractivity contribution >= 4 is 26.0 Å². The number of ether oxygens (including phenoxy) is 1. The number of alkyl halides is 1. The highest BCUT2D eigenvalue weighted by molar-refractivity contribution is 9.09. The molecule has 0 amide bonds. The van der Waals surface area contributed by atoms with E-state index < -0.39 is 10.0 Å². The smallest absolute Gasteiger partial charge is 0.211 e. The van der Waals surface area contributed by atoms with E-state index in [1.807, 2.05) is 13.8 Å². The molecule has 0 saturated carbocycles. The van der Waals surface area contributed by atoms with Crippen molar-refractivity contribution in [3.05, 3.63) is 0 Å². The molecular weight excluding hydrogens is 294 g/mol. The van der Waals surface area contributed by atoms with Gasteiger partial charge < -0.3 is 4.74 Å². The van der Waals surface area contributed by atoms with Gasteiger partial charge in [-0.05, 0) is 18.8 Å². The first-order valence-corrected chi connectivity index (χ1v) is 8.23. The Balaban J connectivity index is 4.18. The Morgan fingerprint density at radius 1 is 1.31 bits per heavy atom. The third kappa shape index (κ3) is 8.50. The van der Waals surface area contributed by atoms with Gasteiger partial charge in [-0.1, -0.05) is 29.8 Å². The Morgan fingerprint density at radius 2 is 1.94 bits per heavy atom. The summed E-state index contributed by atoms with van der Waals surface area (Å²) < 4.78 is 31.1. The second-order valence-electron chi connectivity index (χ2n) is 4.25. The molecule has 16 heavy (non-hydrogen) atoms. The predicted molar refractivity (Wildman–Crippen MR) is 70.5 cm³/mol. The van der Waals surface area contributed by atoms with E-state index in [4.69, 9.17) is 4.74 Å². The van der Waals surface area contributed by atoms with Crippen molar-refractivity contribution in [3.63, 3.8) is 0 Å². The van der Waals surface area contributed by atoms with Gasteiger partial charge >= 0.3 is 0 Å². The second-order valence-corrected chi connectivity index (χ2v) is 6.92. The Kier molecular flexibility index (Phi) is 8.63. The topological polar surface area (TPSA) is 55.4 Å². The highest BCUT2D eigenvalue weighted by Crippen LogP contribution is 2.04. The second kappa shape index (κ2) is 8.44. The Labute approximate surface area is 107 Å². The van der Waals surface area contributed by atoms with Gasteiger partial charge in [0.1, 0.15) is 0 Å². The quantitative estimate of drug-likeness (QED) is 0.659. The summed E-state index contributed by atoms with van der Waals surface area (Å²) in [6, 6.07) is -0.137. The number of rotatable bonds is 9. The lowest BCUT2D eigenvalue weighted by Gasteiger charge is -2.17. The molecule has 0 radical (unpaired) electrons. The predicted octanol–water partition coefficient (Wildman–Crippen LogP) is 1.75. The summed E-state index contributed by atoms with van der Waals surface area (Å²) in [5.41, 5.74) is 0. The van der Waals surface area contributed by atoms with Crippen LogP contribution in [-0.4, -0.2) is 39.3 Å². The van der Waals surface area contributed by atoms with E-state index >= 15 is 0 Å². The molecule has 1 atom stereocenters. The minimum absolute atomic E-state index is 0.137. The number of nitrogens with one attached hydrogen (secondary N) is 1. The molecule has 0 saturated heterocycles. The van der Waals surface area contributed by atoms with Crippen molar-refractivity contribution in [2.75, 3.05) is 24.8 Å². The fourth-order valence-electron chi connectivity index (χ4n) is 1.21. The first-order valence-electron chi connectivity index (χ1n) is 5.46. The Morgan fingerprint density at radius 3 is 2.38 bits per heavy atom. The molecule has 0 rings (SSSR count). The molecule has 0 spiro atoms. The van der Waals surface area contributed by atoms with Crippen LogP contribution in [0.4, 0.5) is 0 Å². The zero-order chi connectivity index (χ0) is 12.6. The van der Waals surface area contributed by atoms with Gasteiger partial charge in [-0.3, -0.25) is 0 Å². The summed E-state index contributed by atoms with van der Waals surface area (Å²) >= 11 is 3.30. The summed E-state index contributed by atoms with van der Waals surface area (Å²) in [5, 5.41) is 0.758. The third-order valence-corrected chi connectivity index (χ3v) is 4.06. The van der Waals surface area contributed by atoms with Gasteiger partial charge in [0.2, 0.25) is 10.0 Å². The van der Waals surface area contributed by atoms with Gasteiger partial charge in [-0.2, -0.15) is 0 Å². The van der Waals surface area contributed by atoms with Crippen molar-refractivity contribution < 1.29 is 13.2 Å². The number of hydrogen-bond donors (Lipinski definition) is 1. The molecule has 0 fully saturated rings. The molecule has 0 aromatic rings. The lowest BCUT2D eigenvalue weighted by Crippen LogP contribution is -2.39. The number of sulfonamides is 1. The number of hydrogen-bond acceptors (Lipinski definition) is 3. The third-order valence-electron chi connectivity index (χ3n) is 2.14. The van der Waals surface area contributed by atoms with Crippen molar-refractivity contribution in [3.8, 4) is 0 Å². The van der Waals surface area contributed by atoms with Gasteiger partial charge in [-0.15, -0.1) is 0 Å². The van der Waals surface area contributed by atoms with Crippen molar-refractivity contribution in [2.24, 2.45) is 5.92 Å². The Hall–Kier alpha value is 0.350. The van der Waals surface area contributed by atoms with Gasteiger partial charge in [0.15, 0.2) is 0 Å². The zero-order valence-corrected chi connectivity index (χ0v) is 12.6. The van der Waals surface area contributed by atoms with Crippen LogP contribution in [0.3, 0.4) is 0 Å². The van der Waals surface area contributed by atoms with Gasteiger partial charge in [-0.25, -0.2) is 13.1 Å². The average molecular weight is 316 g/mol. The fourth-order valence-corrected chi connectivity index (χ4v) is 3.36. The minimum Gasteiger partial charge on any atom is -0.383 e. The van der Waals surface area contributed by atoms with Crippen LogP contribution in [0, 0.1) is 5.92 Å². The van der Waals surface area contributed by atoms with Crippen molar-refractivity contribution in [1.29, 1.82) is 0 Å². The highest BCUT2D eigenvalue weighted by Gasteiger charge is 2.17. The molecule has 0 aliphatic carbocycles. The van der Waals surface area contributed by atoms with Gasteiger partial charge in [0.25, 0.3) is 0 Å². The molecule has 0 heterocycles. The van der Waals surface area contributed by atoms with E-state index in [0.717, 1.165) is 11.8 Å². The average Bonchev–Trinajstić information content (AvgIpc) is 2.15. The summed E-state index contributed by atoms with van der Waals surface area (Å²) in [6.07, 6.45) is 1.41. The molecule has 1 N–H and O–H groups in total. The normalized spacial score (nSPS) is 14.3. The maximum atomic E-state index is 11.7. The molecule has 6 heteroatoms. The molecular formula is C10H22BrNO3S. The maximum Gasteiger partial charge on any atom is 0.211 e. The largest absolute Gasteiger partial charge is 0.383 e. The van der Waals surface area contributed by atoms with E-state index in [2.05, 4.69) is 20.7 Å². The number of halogens is 1. The van der Waals surface area contributed by atoms with Gasteiger partial charge in [0.05, 0.1) is 12.4 Å². The molecule has 4 nitrogen and oxygen atoms in total. The molecule has 0 aromatic heterocycles. The van der Waals surface area contributed by atoms with Crippen LogP contribution in [0.5, 0.6) is 0 Å². The molecule has 0 aromatic carbocycles. The zero-order valence-electron chi connectivity index (χ0n) is 10.2. The van der Waals surface area contributed by atoms with Crippen LogP contribution in [-0.2, 0) is 14.8 Å². The lowest BCUT2D eigenvalue weighted by atomic mass is 10.2. The van der Waals surface area contributed by atoms with E-state index in [-0.39, 0.29) is 11.8 Å². The number of methoxy groups -OCH3 is 1. The minimum atomic E-state index is -3.17. The molecule has 98 valence electrons. The molecule has 0 aliphatic rings. The maximum absolute atomic E-state index is 11.7. The molecule has 0 bridgehead atoms.